The predicted molar refractivity (Wildman–Crippen MR) is 60.9 cm³/mol. The lowest BCUT2D eigenvalue weighted by Crippen LogP contribution is -2.14. The van der Waals surface area contributed by atoms with Gasteiger partial charge in [0.2, 0.25) is 0 Å². The van der Waals surface area contributed by atoms with Crippen molar-refractivity contribution in [1.29, 1.82) is 0 Å². The highest BCUT2D eigenvalue weighted by Crippen LogP contribution is 2.08. The highest BCUT2D eigenvalue weighted by molar-refractivity contribution is 5.89. The van der Waals surface area contributed by atoms with Gasteiger partial charge >= 0.3 is 5.97 Å². The van der Waals surface area contributed by atoms with Gasteiger partial charge in [-0.05, 0) is 23.8 Å². The topological polar surface area (TPSA) is 54.3 Å². The fourth-order valence-corrected chi connectivity index (χ4v) is 1.50. The van der Waals surface area contributed by atoms with Crippen LogP contribution < -0.4 is 5.43 Å². The van der Waals surface area contributed by atoms with E-state index in [2.05, 4.69) is 5.43 Å². The van der Waals surface area contributed by atoms with Crippen LogP contribution in [0.1, 0.15) is 15.9 Å². The van der Waals surface area contributed by atoms with Gasteiger partial charge in [0.05, 0.1) is 12.1 Å². The van der Waals surface area contributed by atoms with Crippen LogP contribution in [0.3, 0.4) is 0 Å². The molecule has 0 saturated carbocycles. The molecule has 0 aliphatic rings. The second-order valence-electron chi connectivity index (χ2n) is 3.39. The minimum absolute atomic E-state index is 0.335. The zero-order valence-corrected chi connectivity index (χ0v) is 8.63. The number of hydrogen-bond acceptors (Lipinski definition) is 2. The average Bonchev–Trinajstić information content (AvgIpc) is 2.79. The maximum absolute atomic E-state index is 10.9. The Morgan fingerprint density at radius 2 is 1.88 bits per heavy atom. The minimum atomic E-state index is -0.898. The number of rotatable bonds is 4. The minimum Gasteiger partial charge on any atom is -0.478 e. The molecule has 82 valence electrons. The van der Waals surface area contributed by atoms with E-state index < -0.39 is 5.97 Å². The summed E-state index contributed by atoms with van der Waals surface area (Å²) in [6, 6.07) is 10.8. The first-order valence-corrected chi connectivity index (χ1v) is 4.95. The Morgan fingerprint density at radius 3 is 2.56 bits per heavy atom. The van der Waals surface area contributed by atoms with Gasteiger partial charge in [0, 0.05) is 12.4 Å². The van der Waals surface area contributed by atoms with E-state index >= 15 is 0 Å². The van der Waals surface area contributed by atoms with Crippen LogP contribution in [0.2, 0.25) is 0 Å². The van der Waals surface area contributed by atoms with Crippen molar-refractivity contribution in [3.63, 3.8) is 0 Å². The maximum atomic E-state index is 10.9. The van der Waals surface area contributed by atoms with Crippen LogP contribution >= 0.6 is 0 Å². The van der Waals surface area contributed by atoms with E-state index in [1.54, 1.807) is 22.9 Å². The molecule has 2 aromatic rings. The van der Waals surface area contributed by atoms with Crippen molar-refractivity contribution >= 4 is 5.97 Å². The summed E-state index contributed by atoms with van der Waals surface area (Å²) >= 11 is 0. The highest BCUT2D eigenvalue weighted by atomic mass is 16.4. The van der Waals surface area contributed by atoms with Gasteiger partial charge < -0.3 is 10.5 Å². The third-order valence-electron chi connectivity index (χ3n) is 2.30. The molecule has 0 aliphatic carbocycles. The number of nitrogens with zero attached hydrogens (tertiary/aromatic N) is 1. The Kier molecular flexibility index (Phi) is 2.91. The first kappa shape index (κ1) is 10.3. The lowest BCUT2D eigenvalue weighted by atomic mass is 10.1. The number of aromatic nitrogens is 1. The Balaban J connectivity index is 2.12. The van der Waals surface area contributed by atoms with E-state index in [1.165, 1.54) is 0 Å². The van der Waals surface area contributed by atoms with E-state index in [4.69, 9.17) is 5.11 Å². The van der Waals surface area contributed by atoms with Crippen LogP contribution in [0, 0.1) is 0 Å². The van der Waals surface area contributed by atoms with Crippen molar-refractivity contribution in [3.8, 4) is 0 Å². The summed E-state index contributed by atoms with van der Waals surface area (Å²) in [7, 11) is 0. The Labute approximate surface area is 93.1 Å². The van der Waals surface area contributed by atoms with Crippen LogP contribution in [0.5, 0.6) is 0 Å². The zero-order valence-electron chi connectivity index (χ0n) is 8.63. The van der Waals surface area contributed by atoms with E-state index in [-0.39, 0.29) is 0 Å². The maximum Gasteiger partial charge on any atom is 0.336 e. The summed E-state index contributed by atoms with van der Waals surface area (Å²) < 4.78 is 1.79. The van der Waals surface area contributed by atoms with E-state index in [9.17, 15) is 4.79 Å². The normalized spacial score (nSPS) is 10.0. The lowest BCUT2D eigenvalue weighted by Gasteiger charge is -2.09. The summed E-state index contributed by atoms with van der Waals surface area (Å²) in [5, 5.41) is 8.99. The predicted octanol–water partition coefficient (Wildman–Crippen LogP) is 1.93. The van der Waals surface area contributed by atoms with Crippen LogP contribution in [-0.2, 0) is 6.54 Å². The first-order chi connectivity index (χ1) is 7.77. The molecule has 0 radical (unpaired) electrons. The largest absolute Gasteiger partial charge is 0.478 e. The molecule has 4 heteroatoms. The molecule has 0 aliphatic heterocycles. The van der Waals surface area contributed by atoms with Crippen molar-refractivity contribution in [2.75, 3.05) is 5.43 Å². The molecule has 1 aromatic heterocycles. The standard InChI is InChI=1S/C12H12N2O2/c15-12(16)11-6-2-1-5-10(11)9-13-14-7-3-4-8-14/h1-8,13H,9H2,(H,15,16). The number of benzene rings is 1. The van der Waals surface area contributed by atoms with Crippen LogP contribution in [-0.4, -0.2) is 15.8 Å². The molecule has 1 aromatic carbocycles. The van der Waals surface area contributed by atoms with Gasteiger partial charge in [-0.15, -0.1) is 0 Å². The number of carbonyl (C=O) groups is 1. The van der Waals surface area contributed by atoms with Crippen molar-refractivity contribution in [2.45, 2.75) is 6.54 Å². The Bertz CT molecular complexity index is 478. The molecule has 1 heterocycles. The van der Waals surface area contributed by atoms with Gasteiger partial charge in [-0.2, -0.15) is 0 Å². The third kappa shape index (κ3) is 2.23. The number of carboxylic acid groups (broad SMARTS) is 1. The fourth-order valence-electron chi connectivity index (χ4n) is 1.50. The molecular weight excluding hydrogens is 204 g/mol. The molecule has 2 N–H and O–H groups in total. The molecule has 0 atom stereocenters. The number of nitrogens with one attached hydrogen (secondary N) is 1. The van der Waals surface area contributed by atoms with Crippen LogP contribution in [0.25, 0.3) is 0 Å². The number of carboxylic acids is 1. The summed E-state index contributed by atoms with van der Waals surface area (Å²) in [6.07, 6.45) is 3.73. The molecule has 0 bridgehead atoms. The second-order valence-corrected chi connectivity index (χ2v) is 3.39. The summed E-state index contributed by atoms with van der Waals surface area (Å²) in [6.45, 7) is 0.483. The quantitative estimate of drug-likeness (QED) is 0.821. The highest BCUT2D eigenvalue weighted by Gasteiger charge is 2.07. The van der Waals surface area contributed by atoms with Gasteiger partial charge in [0.25, 0.3) is 0 Å². The molecule has 0 amide bonds. The van der Waals surface area contributed by atoms with Crippen molar-refractivity contribution in [3.05, 3.63) is 59.9 Å². The molecule has 0 fully saturated rings. The Morgan fingerprint density at radius 1 is 1.19 bits per heavy atom. The van der Waals surface area contributed by atoms with Crippen LogP contribution in [0.4, 0.5) is 0 Å². The number of hydrogen-bond donors (Lipinski definition) is 2. The second kappa shape index (κ2) is 4.53. The molecule has 0 unspecified atom stereocenters. The summed E-state index contributed by atoms with van der Waals surface area (Å²) in [4.78, 5) is 10.9. The third-order valence-corrected chi connectivity index (χ3v) is 2.30. The van der Waals surface area contributed by atoms with Crippen LogP contribution in [0.15, 0.2) is 48.8 Å². The first-order valence-electron chi connectivity index (χ1n) is 4.95. The summed E-state index contributed by atoms with van der Waals surface area (Å²) in [5.74, 6) is -0.898. The lowest BCUT2D eigenvalue weighted by molar-refractivity contribution is 0.0696. The van der Waals surface area contributed by atoms with Gasteiger partial charge in [-0.3, -0.25) is 4.68 Å². The van der Waals surface area contributed by atoms with Crippen molar-refractivity contribution in [1.82, 2.24) is 4.68 Å². The summed E-state index contributed by atoms with van der Waals surface area (Å²) in [5.41, 5.74) is 4.19. The van der Waals surface area contributed by atoms with E-state index in [0.717, 1.165) is 5.56 Å². The molecule has 2 rings (SSSR count). The average molecular weight is 216 g/mol. The van der Waals surface area contributed by atoms with Gasteiger partial charge in [-0.1, -0.05) is 18.2 Å². The Hall–Kier alpha value is -2.23. The van der Waals surface area contributed by atoms with E-state index in [0.29, 0.717) is 12.1 Å². The smallest absolute Gasteiger partial charge is 0.336 e. The van der Waals surface area contributed by atoms with Crippen molar-refractivity contribution in [2.24, 2.45) is 0 Å². The molecule has 16 heavy (non-hydrogen) atoms. The molecular formula is C12H12N2O2. The van der Waals surface area contributed by atoms with Gasteiger partial charge in [0.15, 0.2) is 0 Å². The monoisotopic (exact) mass is 216 g/mol. The molecule has 0 spiro atoms. The fraction of sp³-hybridized carbons (Fsp3) is 0.0833. The SMILES string of the molecule is O=C(O)c1ccccc1CNn1cccc1. The van der Waals surface area contributed by atoms with Crippen molar-refractivity contribution < 1.29 is 9.90 Å². The molecule has 0 saturated heterocycles. The molecule has 4 nitrogen and oxygen atoms in total. The van der Waals surface area contributed by atoms with E-state index in [1.807, 2.05) is 30.6 Å². The number of aromatic carboxylic acids is 1. The zero-order chi connectivity index (χ0) is 11.4. The van der Waals surface area contributed by atoms with Gasteiger partial charge in [0.1, 0.15) is 0 Å². The van der Waals surface area contributed by atoms with Gasteiger partial charge in [-0.25, -0.2) is 4.79 Å².